The van der Waals surface area contributed by atoms with Crippen LogP contribution in [0.15, 0.2) is 66.6 Å². The fraction of sp³-hybridized carbons (Fsp3) is 0.118. The summed E-state index contributed by atoms with van der Waals surface area (Å²) in [7, 11) is 1.51. The average Bonchev–Trinajstić information content (AvgIpc) is 2.85. The molecular formula is C17H14O3. The first-order chi connectivity index (χ1) is 9.81. The molecule has 20 heavy (non-hydrogen) atoms. The van der Waals surface area contributed by atoms with E-state index in [1.54, 1.807) is 0 Å². The lowest BCUT2D eigenvalue weighted by Crippen LogP contribution is -2.09. The van der Waals surface area contributed by atoms with E-state index in [2.05, 4.69) is 0 Å². The third kappa shape index (κ3) is 2.07. The average molecular weight is 266 g/mol. The number of hydrogen-bond acceptors (Lipinski definition) is 3. The summed E-state index contributed by atoms with van der Waals surface area (Å²) in [5.74, 6) is -0.449. The van der Waals surface area contributed by atoms with Crippen molar-refractivity contribution in [1.29, 1.82) is 0 Å². The highest BCUT2D eigenvalue weighted by Gasteiger charge is 2.38. The summed E-state index contributed by atoms with van der Waals surface area (Å²) in [6.45, 7) is 0. The van der Waals surface area contributed by atoms with Crippen LogP contribution in [-0.2, 0) is 14.3 Å². The molecule has 0 aliphatic carbocycles. The van der Waals surface area contributed by atoms with E-state index in [0.29, 0.717) is 0 Å². The Hall–Kier alpha value is -2.55. The van der Waals surface area contributed by atoms with Crippen LogP contribution in [0.3, 0.4) is 0 Å². The van der Waals surface area contributed by atoms with Crippen LogP contribution >= 0.6 is 0 Å². The van der Waals surface area contributed by atoms with Crippen molar-refractivity contribution < 1.29 is 14.3 Å². The number of hydrogen-bond donors (Lipinski definition) is 0. The highest BCUT2D eigenvalue weighted by Crippen LogP contribution is 2.41. The van der Waals surface area contributed by atoms with E-state index >= 15 is 0 Å². The maximum atomic E-state index is 12.2. The van der Waals surface area contributed by atoms with E-state index in [4.69, 9.17) is 9.47 Å². The van der Waals surface area contributed by atoms with Gasteiger partial charge in [-0.3, -0.25) is 4.79 Å². The molecule has 1 aliphatic heterocycles. The molecule has 0 saturated heterocycles. The van der Waals surface area contributed by atoms with E-state index in [9.17, 15) is 4.79 Å². The van der Waals surface area contributed by atoms with E-state index in [1.807, 2.05) is 60.7 Å². The zero-order chi connectivity index (χ0) is 13.9. The summed E-state index contributed by atoms with van der Waals surface area (Å²) in [6.07, 6.45) is 0. The van der Waals surface area contributed by atoms with Crippen LogP contribution in [0.1, 0.15) is 17.0 Å². The van der Waals surface area contributed by atoms with Crippen molar-refractivity contribution in [2.45, 2.75) is 5.92 Å². The van der Waals surface area contributed by atoms with E-state index in [-0.39, 0.29) is 11.9 Å². The van der Waals surface area contributed by atoms with Crippen LogP contribution in [0.25, 0.3) is 5.57 Å². The fourth-order valence-corrected chi connectivity index (χ4v) is 2.44. The summed E-state index contributed by atoms with van der Waals surface area (Å²) in [5.41, 5.74) is 2.62. The van der Waals surface area contributed by atoms with Crippen molar-refractivity contribution in [3.05, 3.63) is 77.7 Å². The standard InChI is InChI=1S/C17H14O3/c1-19-17-15(13-10-6-3-7-11-13)14(16(18)20-17)12-8-4-2-5-9-12/h2-11,14H,1H3. The zero-order valence-electron chi connectivity index (χ0n) is 11.1. The molecule has 0 aromatic heterocycles. The molecule has 1 heterocycles. The number of cyclic esters (lactones) is 1. The first kappa shape index (κ1) is 12.5. The maximum Gasteiger partial charge on any atom is 0.326 e. The third-order valence-corrected chi connectivity index (χ3v) is 3.34. The van der Waals surface area contributed by atoms with Gasteiger partial charge in [-0.05, 0) is 11.1 Å². The Morgan fingerprint density at radius 3 is 2.15 bits per heavy atom. The molecule has 0 N–H and O–H groups in total. The molecule has 3 rings (SSSR count). The van der Waals surface area contributed by atoms with Crippen LogP contribution in [0.5, 0.6) is 0 Å². The summed E-state index contributed by atoms with van der Waals surface area (Å²) in [6, 6.07) is 19.3. The van der Waals surface area contributed by atoms with Gasteiger partial charge in [0.1, 0.15) is 5.92 Å². The molecule has 2 aromatic carbocycles. The first-order valence-electron chi connectivity index (χ1n) is 6.41. The molecule has 1 unspecified atom stereocenters. The number of methoxy groups -OCH3 is 1. The zero-order valence-corrected chi connectivity index (χ0v) is 11.1. The highest BCUT2D eigenvalue weighted by molar-refractivity contribution is 5.99. The van der Waals surface area contributed by atoms with Crippen molar-refractivity contribution in [3.8, 4) is 0 Å². The molecule has 3 heteroatoms. The van der Waals surface area contributed by atoms with Crippen molar-refractivity contribution >= 4 is 11.5 Å². The maximum absolute atomic E-state index is 12.2. The minimum Gasteiger partial charge on any atom is -0.468 e. The number of esters is 1. The topological polar surface area (TPSA) is 35.5 Å². The molecule has 2 aromatic rings. The molecule has 0 amide bonds. The summed E-state index contributed by atoms with van der Waals surface area (Å²) >= 11 is 0. The molecule has 100 valence electrons. The van der Waals surface area contributed by atoms with Crippen molar-refractivity contribution in [1.82, 2.24) is 0 Å². The Balaban J connectivity index is 2.13. The second kappa shape index (κ2) is 5.21. The Labute approximate surface area is 117 Å². The summed E-state index contributed by atoms with van der Waals surface area (Å²) < 4.78 is 10.5. The minimum atomic E-state index is -0.437. The van der Waals surface area contributed by atoms with Crippen LogP contribution in [-0.4, -0.2) is 13.1 Å². The number of ether oxygens (including phenoxy) is 2. The molecule has 0 saturated carbocycles. The predicted molar refractivity (Wildman–Crippen MR) is 75.6 cm³/mol. The second-order valence-electron chi connectivity index (χ2n) is 4.54. The van der Waals surface area contributed by atoms with E-state index < -0.39 is 5.92 Å². The van der Waals surface area contributed by atoms with E-state index in [0.717, 1.165) is 16.7 Å². The van der Waals surface area contributed by atoms with Gasteiger partial charge in [0.25, 0.3) is 5.95 Å². The van der Waals surface area contributed by atoms with Gasteiger partial charge in [-0.25, -0.2) is 0 Å². The van der Waals surface area contributed by atoms with Gasteiger partial charge in [0, 0.05) is 0 Å². The van der Waals surface area contributed by atoms with Crippen LogP contribution in [0.2, 0.25) is 0 Å². The Morgan fingerprint density at radius 2 is 1.55 bits per heavy atom. The Morgan fingerprint density at radius 1 is 0.950 bits per heavy atom. The van der Waals surface area contributed by atoms with Gasteiger partial charge in [0.15, 0.2) is 0 Å². The van der Waals surface area contributed by atoms with Crippen molar-refractivity contribution in [2.75, 3.05) is 7.11 Å². The van der Waals surface area contributed by atoms with Crippen molar-refractivity contribution in [3.63, 3.8) is 0 Å². The molecule has 1 atom stereocenters. The van der Waals surface area contributed by atoms with Gasteiger partial charge in [-0.2, -0.15) is 0 Å². The number of carbonyl (C=O) groups excluding carboxylic acids is 1. The predicted octanol–water partition coefficient (Wildman–Crippen LogP) is 3.34. The van der Waals surface area contributed by atoms with E-state index in [1.165, 1.54) is 7.11 Å². The molecule has 3 nitrogen and oxygen atoms in total. The van der Waals surface area contributed by atoms with Gasteiger partial charge in [0.05, 0.1) is 12.7 Å². The third-order valence-electron chi connectivity index (χ3n) is 3.34. The second-order valence-corrected chi connectivity index (χ2v) is 4.54. The molecule has 0 bridgehead atoms. The van der Waals surface area contributed by atoms with Gasteiger partial charge >= 0.3 is 5.97 Å². The van der Waals surface area contributed by atoms with Gasteiger partial charge < -0.3 is 9.47 Å². The van der Waals surface area contributed by atoms with Crippen LogP contribution in [0, 0.1) is 0 Å². The first-order valence-corrected chi connectivity index (χ1v) is 6.41. The molecule has 1 aliphatic rings. The number of rotatable bonds is 3. The van der Waals surface area contributed by atoms with Gasteiger partial charge in [-0.1, -0.05) is 60.7 Å². The van der Waals surface area contributed by atoms with Crippen LogP contribution < -0.4 is 0 Å². The lowest BCUT2D eigenvalue weighted by molar-refractivity contribution is -0.141. The van der Waals surface area contributed by atoms with Crippen molar-refractivity contribution in [2.24, 2.45) is 0 Å². The molecule has 0 spiro atoms. The lowest BCUT2D eigenvalue weighted by Gasteiger charge is -2.11. The number of carbonyl (C=O) groups is 1. The lowest BCUT2D eigenvalue weighted by atomic mass is 9.88. The summed E-state index contributed by atoms with van der Waals surface area (Å²) in [4.78, 5) is 12.2. The number of benzene rings is 2. The smallest absolute Gasteiger partial charge is 0.326 e. The fourth-order valence-electron chi connectivity index (χ4n) is 2.44. The highest BCUT2D eigenvalue weighted by atomic mass is 16.7. The minimum absolute atomic E-state index is 0.287. The van der Waals surface area contributed by atoms with Gasteiger partial charge in [0.2, 0.25) is 0 Å². The largest absolute Gasteiger partial charge is 0.468 e. The summed E-state index contributed by atoms with van der Waals surface area (Å²) in [5, 5.41) is 0. The van der Waals surface area contributed by atoms with Gasteiger partial charge in [-0.15, -0.1) is 0 Å². The molecular weight excluding hydrogens is 252 g/mol. The SMILES string of the molecule is COC1=C(c2ccccc2)C(c2ccccc2)C(=O)O1. The monoisotopic (exact) mass is 266 g/mol. The Bertz CT molecular complexity index is 644. The van der Waals surface area contributed by atoms with Crippen LogP contribution in [0.4, 0.5) is 0 Å². The normalized spacial score (nSPS) is 18.1. The molecule has 0 fully saturated rings. The Kier molecular flexibility index (Phi) is 3.25. The quantitative estimate of drug-likeness (QED) is 0.799. The molecule has 0 radical (unpaired) electrons.